The first-order chi connectivity index (χ1) is 14.7. The molecular weight excluding hydrogens is 426 g/mol. The van der Waals surface area contributed by atoms with E-state index in [2.05, 4.69) is 33.6 Å². The van der Waals surface area contributed by atoms with E-state index in [1.807, 2.05) is 0 Å². The number of carbonyl (C=O) groups is 4. The minimum atomic E-state index is -1.12. The molecule has 0 bridgehead atoms. The van der Waals surface area contributed by atoms with Gasteiger partial charge in [0, 0.05) is 38.2 Å². The van der Waals surface area contributed by atoms with Gasteiger partial charge in [0.05, 0.1) is 6.04 Å². The number of guanidine groups is 1. The third kappa shape index (κ3) is 15.9. The Morgan fingerprint density at radius 2 is 1.65 bits per heavy atom. The first-order valence-corrected chi connectivity index (χ1v) is 10.8. The van der Waals surface area contributed by atoms with Gasteiger partial charge in [0.25, 0.3) is 0 Å². The number of carboxylic acid groups (broad SMARTS) is 1. The molecular formula is C18H35N7O5S. The van der Waals surface area contributed by atoms with Gasteiger partial charge in [-0.3, -0.25) is 19.4 Å². The van der Waals surface area contributed by atoms with E-state index in [4.69, 9.17) is 22.3 Å². The molecule has 0 unspecified atom stereocenters. The third-order valence-electron chi connectivity index (χ3n) is 4.17. The van der Waals surface area contributed by atoms with Crippen LogP contribution in [0.2, 0.25) is 0 Å². The molecule has 178 valence electrons. The minimum absolute atomic E-state index is 0.00680. The van der Waals surface area contributed by atoms with Crippen molar-refractivity contribution in [2.24, 2.45) is 22.2 Å². The van der Waals surface area contributed by atoms with Crippen LogP contribution >= 0.6 is 12.6 Å². The summed E-state index contributed by atoms with van der Waals surface area (Å²) in [5.41, 5.74) is 16.2. The highest BCUT2D eigenvalue weighted by Gasteiger charge is 2.17. The Balaban J connectivity index is 3.73. The van der Waals surface area contributed by atoms with E-state index >= 15 is 0 Å². The van der Waals surface area contributed by atoms with Crippen molar-refractivity contribution in [1.82, 2.24) is 16.0 Å². The molecule has 0 fully saturated rings. The van der Waals surface area contributed by atoms with Gasteiger partial charge >= 0.3 is 5.97 Å². The van der Waals surface area contributed by atoms with Gasteiger partial charge in [-0.2, -0.15) is 12.6 Å². The van der Waals surface area contributed by atoms with Crippen molar-refractivity contribution in [3.8, 4) is 0 Å². The van der Waals surface area contributed by atoms with Crippen LogP contribution in [0, 0.1) is 0 Å². The summed E-state index contributed by atoms with van der Waals surface area (Å²) >= 11 is 3.88. The summed E-state index contributed by atoms with van der Waals surface area (Å²) in [6.45, 7) is 1.03. The predicted octanol–water partition coefficient (Wildman–Crippen LogP) is -1.95. The van der Waals surface area contributed by atoms with E-state index in [1.54, 1.807) is 0 Å². The molecule has 0 radical (unpaired) electrons. The number of nitrogens with one attached hydrogen (secondary N) is 3. The van der Waals surface area contributed by atoms with Crippen LogP contribution in [0.15, 0.2) is 4.99 Å². The maximum atomic E-state index is 11.8. The SMILES string of the molecule is NC(N)=NCCC[C@H](N)C(=O)NCCC(=O)NCCCCCC(=O)N[C@@H](CS)C(=O)O. The largest absolute Gasteiger partial charge is 0.480 e. The van der Waals surface area contributed by atoms with Crippen molar-refractivity contribution in [2.45, 2.75) is 57.0 Å². The summed E-state index contributed by atoms with van der Waals surface area (Å²) in [4.78, 5) is 49.9. The van der Waals surface area contributed by atoms with Gasteiger partial charge < -0.3 is 38.3 Å². The quantitative estimate of drug-likeness (QED) is 0.0526. The fraction of sp³-hybridized carbons (Fsp3) is 0.722. The van der Waals surface area contributed by atoms with E-state index in [0.29, 0.717) is 45.2 Å². The highest BCUT2D eigenvalue weighted by Crippen LogP contribution is 2.00. The minimum Gasteiger partial charge on any atom is -0.480 e. The molecule has 0 aliphatic rings. The van der Waals surface area contributed by atoms with Crippen LogP contribution in [-0.4, -0.2) is 72.2 Å². The van der Waals surface area contributed by atoms with Crippen molar-refractivity contribution in [3.63, 3.8) is 0 Å². The standard InChI is InChI=1S/C18H35N7O5S/c19-12(5-4-9-24-18(20)21)16(28)23-10-7-14(26)22-8-3-1-2-6-15(27)25-13(11-31)17(29)30/h12-13,31H,1-11,19H2,(H,22,26)(H,23,28)(H,25,27)(H,29,30)(H4,20,21,24)/t12-,13-/m0/s1. The van der Waals surface area contributed by atoms with Gasteiger partial charge in [0.2, 0.25) is 17.7 Å². The molecule has 13 heteroatoms. The summed E-state index contributed by atoms with van der Waals surface area (Å²) in [5.74, 6) is -1.97. The summed E-state index contributed by atoms with van der Waals surface area (Å²) in [6.07, 6.45) is 3.32. The van der Waals surface area contributed by atoms with E-state index in [-0.39, 0.29) is 48.8 Å². The number of hydrogen-bond acceptors (Lipinski definition) is 7. The van der Waals surface area contributed by atoms with Crippen LogP contribution in [0.25, 0.3) is 0 Å². The first-order valence-electron chi connectivity index (χ1n) is 10.2. The second-order valence-electron chi connectivity index (χ2n) is 6.90. The van der Waals surface area contributed by atoms with Crippen LogP contribution in [0.5, 0.6) is 0 Å². The van der Waals surface area contributed by atoms with Gasteiger partial charge in [-0.15, -0.1) is 0 Å². The molecule has 0 aromatic carbocycles. The van der Waals surface area contributed by atoms with Crippen LogP contribution in [0.3, 0.4) is 0 Å². The van der Waals surface area contributed by atoms with E-state index in [1.165, 1.54) is 0 Å². The number of nitrogens with two attached hydrogens (primary N) is 3. The maximum Gasteiger partial charge on any atom is 0.327 e. The highest BCUT2D eigenvalue weighted by atomic mass is 32.1. The fourth-order valence-electron chi connectivity index (χ4n) is 2.44. The molecule has 31 heavy (non-hydrogen) atoms. The highest BCUT2D eigenvalue weighted by molar-refractivity contribution is 7.80. The Morgan fingerprint density at radius 3 is 2.26 bits per heavy atom. The fourth-order valence-corrected chi connectivity index (χ4v) is 2.68. The second-order valence-corrected chi connectivity index (χ2v) is 7.26. The second kappa shape index (κ2) is 17.2. The number of unbranched alkanes of at least 4 members (excludes halogenated alkanes) is 2. The number of thiol groups is 1. The maximum absolute atomic E-state index is 11.8. The average Bonchev–Trinajstić information content (AvgIpc) is 2.71. The zero-order valence-electron chi connectivity index (χ0n) is 17.6. The van der Waals surface area contributed by atoms with Crippen LogP contribution < -0.4 is 33.2 Å². The van der Waals surface area contributed by atoms with Crippen molar-refractivity contribution in [1.29, 1.82) is 0 Å². The lowest BCUT2D eigenvalue weighted by molar-refractivity contribution is -0.141. The smallest absolute Gasteiger partial charge is 0.327 e. The molecule has 0 rings (SSSR count). The van der Waals surface area contributed by atoms with Crippen molar-refractivity contribution in [3.05, 3.63) is 0 Å². The Morgan fingerprint density at radius 1 is 0.935 bits per heavy atom. The molecule has 0 saturated heterocycles. The number of hydrogen-bond donors (Lipinski definition) is 8. The number of carboxylic acids is 1. The van der Waals surface area contributed by atoms with Gasteiger partial charge in [-0.25, -0.2) is 4.79 Å². The lowest BCUT2D eigenvalue weighted by Crippen LogP contribution is -2.42. The number of rotatable bonds is 17. The van der Waals surface area contributed by atoms with E-state index in [9.17, 15) is 19.2 Å². The van der Waals surface area contributed by atoms with Crippen molar-refractivity contribution < 1.29 is 24.3 Å². The van der Waals surface area contributed by atoms with Crippen LogP contribution in [0.1, 0.15) is 44.9 Å². The zero-order chi connectivity index (χ0) is 23.6. The Hall–Kier alpha value is -2.54. The molecule has 0 aliphatic carbocycles. The summed E-state index contributed by atoms with van der Waals surface area (Å²) in [5, 5.41) is 16.6. The van der Waals surface area contributed by atoms with Crippen LogP contribution in [0.4, 0.5) is 0 Å². The monoisotopic (exact) mass is 461 g/mol. The number of carbonyl (C=O) groups excluding carboxylic acids is 3. The molecule has 0 spiro atoms. The summed E-state index contributed by atoms with van der Waals surface area (Å²) in [7, 11) is 0. The number of aliphatic imine (C=N–C) groups is 1. The number of aliphatic carboxylic acids is 1. The topological polar surface area (TPSA) is 215 Å². The lowest BCUT2D eigenvalue weighted by atomic mass is 10.1. The zero-order valence-corrected chi connectivity index (χ0v) is 18.5. The molecule has 3 amide bonds. The molecule has 0 aliphatic heterocycles. The average molecular weight is 462 g/mol. The molecule has 0 aromatic rings. The number of nitrogens with zero attached hydrogens (tertiary/aromatic N) is 1. The molecule has 0 aromatic heterocycles. The molecule has 2 atom stereocenters. The first kappa shape index (κ1) is 28.5. The van der Waals surface area contributed by atoms with Crippen LogP contribution in [-0.2, 0) is 19.2 Å². The van der Waals surface area contributed by atoms with Gasteiger partial charge in [0.15, 0.2) is 5.96 Å². The normalized spacial score (nSPS) is 12.3. The summed E-state index contributed by atoms with van der Waals surface area (Å²) in [6, 6.07) is -1.68. The Labute approximate surface area is 187 Å². The summed E-state index contributed by atoms with van der Waals surface area (Å²) < 4.78 is 0. The molecule has 10 N–H and O–H groups in total. The molecule has 12 nitrogen and oxygen atoms in total. The van der Waals surface area contributed by atoms with Gasteiger partial charge in [-0.1, -0.05) is 6.42 Å². The van der Waals surface area contributed by atoms with Crippen molar-refractivity contribution >= 4 is 42.3 Å². The predicted molar refractivity (Wildman–Crippen MR) is 120 cm³/mol. The molecule has 0 heterocycles. The van der Waals surface area contributed by atoms with E-state index in [0.717, 1.165) is 0 Å². The van der Waals surface area contributed by atoms with E-state index < -0.39 is 18.1 Å². The molecule has 0 saturated carbocycles. The third-order valence-corrected chi connectivity index (χ3v) is 4.54. The van der Waals surface area contributed by atoms with Gasteiger partial charge in [0.1, 0.15) is 6.04 Å². The Kier molecular flexibility index (Phi) is 15.8. The van der Waals surface area contributed by atoms with Gasteiger partial charge in [-0.05, 0) is 25.7 Å². The van der Waals surface area contributed by atoms with Crippen molar-refractivity contribution in [2.75, 3.05) is 25.4 Å². The number of amides is 3. The Bertz CT molecular complexity index is 614. The lowest BCUT2D eigenvalue weighted by Gasteiger charge is -2.12.